The van der Waals surface area contributed by atoms with Gasteiger partial charge in [0.1, 0.15) is 0 Å². The number of amides is 1. The fourth-order valence-corrected chi connectivity index (χ4v) is 3.54. The summed E-state index contributed by atoms with van der Waals surface area (Å²) in [6.07, 6.45) is 6.80. The van der Waals surface area contributed by atoms with E-state index in [0.29, 0.717) is 16.4 Å². The monoisotopic (exact) mass is 407 g/mol. The first-order chi connectivity index (χ1) is 14.2. The van der Waals surface area contributed by atoms with E-state index in [1.807, 2.05) is 36.5 Å². The lowest BCUT2D eigenvalue weighted by Gasteiger charge is -2.32. The summed E-state index contributed by atoms with van der Waals surface area (Å²) >= 11 is 5.91. The van der Waals surface area contributed by atoms with Crippen LogP contribution in [0.25, 0.3) is 11.4 Å². The van der Waals surface area contributed by atoms with E-state index >= 15 is 0 Å². The Hall–Kier alpha value is -2.83. The van der Waals surface area contributed by atoms with Gasteiger partial charge >= 0.3 is 0 Å². The molecular weight excluding hydrogens is 386 g/mol. The summed E-state index contributed by atoms with van der Waals surface area (Å²) in [5, 5.41) is 3.77. The first-order valence-electron chi connectivity index (χ1n) is 9.68. The van der Waals surface area contributed by atoms with Crippen molar-refractivity contribution in [2.24, 2.45) is 0 Å². The molecule has 0 aliphatic carbocycles. The van der Waals surface area contributed by atoms with Crippen molar-refractivity contribution >= 4 is 17.5 Å². The highest BCUT2D eigenvalue weighted by atomic mass is 35.5. The molecule has 3 heterocycles. The second-order valence-electron chi connectivity index (χ2n) is 7.15. The lowest BCUT2D eigenvalue weighted by Crippen LogP contribution is -2.44. The fraction of sp³-hybridized carbons (Fsp3) is 0.273. The zero-order valence-corrected chi connectivity index (χ0v) is 16.7. The Labute approximate surface area is 175 Å². The van der Waals surface area contributed by atoms with E-state index in [4.69, 9.17) is 11.6 Å². The molecule has 148 valence electrons. The third kappa shape index (κ3) is 5.16. The number of hydrogen-bond donors (Lipinski definition) is 1. The van der Waals surface area contributed by atoms with Gasteiger partial charge in [0.15, 0.2) is 5.82 Å². The minimum atomic E-state index is -0.129. The Kier molecular flexibility index (Phi) is 6.12. The molecule has 1 fully saturated rings. The van der Waals surface area contributed by atoms with Crippen molar-refractivity contribution in [1.82, 2.24) is 25.2 Å². The van der Waals surface area contributed by atoms with Crippen LogP contribution in [0.15, 0.2) is 61.1 Å². The van der Waals surface area contributed by atoms with Gasteiger partial charge in [0.2, 0.25) is 0 Å². The van der Waals surface area contributed by atoms with E-state index in [1.54, 1.807) is 24.5 Å². The van der Waals surface area contributed by atoms with Crippen LogP contribution >= 0.6 is 11.6 Å². The first kappa shape index (κ1) is 19.5. The standard InChI is InChI=1S/C22H22ClN5O/c23-18-6-4-16(5-7-18)21-25-13-17(14-26-21)22(29)27-19-8-11-28(12-9-19)15-20-3-1-2-10-24-20/h1-7,10,13-14,19H,8-9,11-12,15H2,(H,27,29). The molecule has 0 bridgehead atoms. The number of carbonyl (C=O) groups excluding carboxylic acids is 1. The van der Waals surface area contributed by atoms with Crippen LogP contribution in [0.4, 0.5) is 0 Å². The van der Waals surface area contributed by atoms with Crippen LogP contribution < -0.4 is 5.32 Å². The zero-order valence-electron chi connectivity index (χ0n) is 16.0. The Bertz CT molecular complexity index is 939. The van der Waals surface area contributed by atoms with E-state index in [2.05, 4.69) is 25.2 Å². The maximum atomic E-state index is 12.5. The second kappa shape index (κ2) is 9.11. The van der Waals surface area contributed by atoms with Crippen LogP contribution in [0.1, 0.15) is 28.9 Å². The number of hydrogen-bond acceptors (Lipinski definition) is 5. The molecule has 3 aromatic rings. The molecule has 0 unspecified atom stereocenters. The number of rotatable bonds is 5. The van der Waals surface area contributed by atoms with Crippen LogP contribution in [0.2, 0.25) is 5.02 Å². The Morgan fingerprint density at radius 3 is 2.41 bits per heavy atom. The lowest BCUT2D eigenvalue weighted by molar-refractivity contribution is 0.0908. The molecule has 1 N–H and O–H groups in total. The number of aromatic nitrogens is 3. The van der Waals surface area contributed by atoms with Gasteiger partial charge in [0.25, 0.3) is 5.91 Å². The van der Waals surface area contributed by atoms with Gasteiger partial charge in [-0.1, -0.05) is 17.7 Å². The molecule has 1 aliphatic heterocycles. The largest absolute Gasteiger partial charge is 0.349 e. The van der Waals surface area contributed by atoms with Gasteiger partial charge in [0.05, 0.1) is 11.3 Å². The van der Waals surface area contributed by atoms with Crippen molar-refractivity contribution in [2.45, 2.75) is 25.4 Å². The number of pyridine rings is 1. The van der Waals surface area contributed by atoms with Crippen LogP contribution in [-0.2, 0) is 6.54 Å². The van der Waals surface area contributed by atoms with E-state index in [1.165, 1.54) is 0 Å². The number of halogens is 1. The predicted octanol–water partition coefficient (Wildman–Crippen LogP) is 3.59. The molecule has 0 radical (unpaired) electrons. The fourth-order valence-electron chi connectivity index (χ4n) is 3.42. The summed E-state index contributed by atoms with van der Waals surface area (Å²) in [7, 11) is 0. The maximum Gasteiger partial charge on any atom is 0.254 e. The minimum absolute atomic E-state index is 0.129. The summed E-state index contributed by atoms with van der Waals surface area (Å²) in [5.74, 6) is 0.442. The number of piperidine rings is 1. The van der Waals surface area contributed by atoms with E-state index in [-0.39, 0.29) is 11.9 Å². The average Bonchev–Trinajstić information content (AvgIpc) is 2.76. The summed E-state index contributed by atoms with van der Waals surface area (Å²) in [5.41, 5.74) is 2.41. The number of nitrogens with one attached hydrogen (secondary N) is 1. The molecule has 6 nitrogen and oxygen atoms in total. The second-order valence-corrected chi connectivity index (χ2v) is 7.58. The SMILES string of the molecule is O=C(NC1CCN(Cc2ccccn2)CC1)c1cnc(-c2ccc(Cl)cc2)nc1. The summed E-state index contributed by atoms with van der Waals surface area (Å²) in [6.45, 7) is 2.72. The van der Waals surface area contributed by atoms with Gasteiger partial charge in [-0.25, -0.2) is 9.97 Å². The molecule has 0 spiro atoms. The topological polar surface area (TPSA) is 71.0 Å². The number of nitrogens with zero attached hydrogens (tertiary/aromatic N) is 4. The molecule has 2 aromatic heterocycles. The average molecular weight is 408 g/mol. The van der Waals surface area contributed by atoms with Crippen LogP contribution in [-0.4, -0.2) is 44.9 Å². The summed E-state index contributed by atoms with van der Waals surface area (Å²) in [6, 6.07) is 13.4. The van der Waals surface area contributed by atoms with Gasteiger partial charge in [-0.3, -0.25) is 14.7 Å². The van der Waals surface area contributed by atoms with E-state index in [0.717, 1.165) is 43.7 Å². The normalized spacial score (nSPS) is 15.2. The Balaban J connectivity index is 1.29. The minimum Gasteiger partial charge on any atom is -0.349 e. The Morgan fingerprint density at radius 2 is 1.76 bits per heavy atom. The molecule has 29 heavy (non-hydrogen) atoms. The molecule has 4 rings (SSSR count). The number of likely N-dealkylation sites (tertiary alicyclic amines) is 1. The van der Waals surface area contributed by atoms with Crippen LogP contribution in [0.5, 0.6) is 0 Å². The van der Waals surface area contributed by atoms with Gasteiger partial charge in [-0.05, 0) is 49.2 Å². The van der Waals surface area contributed by atoms with Crippen LogP contribution in [0, 0.1) is 0 Å². The maximum absolute atomic E-state index is 12.5. The molecule has 0 saturated carbocycles. The highest BCUT2D eigenvalue weighted by Gasteiger charge is 2.21. The van der Waals surface area contributed by atoms with E-state index < -0.39 is 0 Å². The van der Waals surface area contributed by atoms with Gasteiger partial charge in [-0.15, -0.1) is 0 Å². The third-order valence-electron chi connectivity index (χ3n) is 5.05. The van der Waals surface area contributed by atoms with Gasteiger partial charge in [-0.2, -0.15) is 0 Å². The van der Waals surface area contributed by atoms with Gasteiger partial charge < -0.3 is 5.32 Å². The Morgan fingerprint density at radius 1 is 1.03 bits per heavy atom. The zero-order chi connectivity index (χ0) is 20.1. The van der Waals surface area contributed by atoms with Crippen molar-refractivity contribution in [3.63, 3.8) is 0 Å². The number of carbonyl (C=O) groups is 1. The smallest absolute Gasteiger partial charge is 0.254 e. The van der Waals surface area contributed by atoms with Crippen LogP contribution in [0.3, 0.4) is 0 Å². The highest BCUT2D eigenvalue weighted by Crippen LogP contribution is 2.18. The third-order valence-corrected chi connectivity index (χ3v) is 5.30. The molecule has 7 heteroatoms. The molecular formula is C22H22ClN5O. The summed E-state index contributed by atoms with van der Waals surface area (Å²) in [4.78, 5) is 27.9. The van der Waals surface area contributed by atoms with Gasteiger partial charge in [0, 0.05) is 54.9 Å². The summed E-state index contributed by atoms with van der Waals surface area (Å²) < 4.78 is 0. The molecule has 0 atom stereocenters. The first-order valence-corrected chi connectivity index (χ1v) is 10.1. The molecule has 1 amide bonds. The van der Waals surface area contributed by atoms with Crippen molar-refractivity contribution in [1.29, 1.82) is 0 Å². The van der Waals surface area contributed by atoms with Crippen molar-refractivity contribution in [3.05, 3.63) is 77.3 Å². The number of benzene rings is 1. The highest BCUT2D eigenvalue weighted by molar-refractivity contribution is 6.30. The molecule has 1 aromatic carbocycles. The van der Waals surface area contributed by atoms with Crippen molar-refractivity contribution < 1.29 is 4.79 Å². The van der Waals surface area contributed by atoms with Crippen molar-refractivity contribution in [2.75, 3.05) is 13.1 Å². The molecule has 1 saturated heterocycles. The predicted molar refractivity (Wildman–Crippen MR) is 112 cm³/mol. The lowest BCUT2D eigenvalue weighted by atomic mass is 10.0. The van der Waals surface area contributed by atoms with Crippen molar-refractivity contribution in [3.8, 4) is 11.4 Å². The quantitative estimate of drug-likeness (QED) is 0.699. The van der Waals surface area contributed by atoms with E-state index in [9.17, 15) is 4.79 Å². The molecule has 1 aliphatic rings.